The fourth-order valence-corrected chi connectivity index (χ4v) is 2.49. The monoisotopic (exact) mass is 258 g/mol. The molecule has 4 nitrogen and oxygen atoms in total. The van der Waals surface area contributed by atoms with Crippen LogP contribution in [0.2, 0.25) is 0 Å². The quantitative estimate of drug-likeness (QED) is 0.911. The fraction of sp³-hybridized carbons (Fsp3) is 0.400. The molecule has 4 heteroatoms. The van der Waals surface area contributed by atoms with Gasteiger partial charge in [-0.3, -0.25) is 4.98 Å². The smallest absolute Gasteiger partial charge is 0.119 e. The molecule has 1 aromatic carbocycles. The fourth-order valence-electron chi connectivity index (χ4n) is 2.49. The third kappa shape index (κ3) is 2.69. The number of aromatic nitrogens is 1. The summed E-state index contributed by atoms with van der Waals surface area (Å²) in [6.07, 6.45) is 2.75. The number of hydrogen-bond donors (Lipinski definition) is 1. The van der Waals surface area contributed by atoms with Crippen molar-refractivity contribution in [1.82, 2.24) is 10.3 Å². The summed E-state index contributed by atoms with van der Waals surface area (Å²) in [5, 5.41) is 5.82. The summed E-state index contributed by atoms with van der Waals surface area (Å²) in [5.74, 6) is 0.878. The van der Waals surface area contributed by atoms with E-state index in [0.29, 0.717) is 6.04 Å². The average molecular weight is 258 g/mol. The number of fused-ring (bicyclic) bond motifs is 1. The molecule has 100 valence electrons. The molecule has 0 saturated carbocycles. The molecule has 1 atom stereocenters. The molecular weight excluding hydrogens is 240 g/mol. The molecular formula is C15H18N2O2. The van der Waals surface area contributed by atoms with Gasteiger partial charge >= 0.3 is 0 Å². The Kier molecular flexibility index (Phi) is 3.62. The van der Waals surface area contributed by atoms with Gasteiger partial charge in [-0.15, -0.1) is 0 Å². The number of pyridine rings is 1. The molecule has 1 unspecified atom stereocenters. The van der Waals surface area contributed by atoms with Crippen molar-refractivity contribution in [2.75, 3.05) is 26.9 Å². The molecule has 1 N–H and O–H groups in total. The van der Waals surface area contributed by atoms with Crippen molar-refractivity contribution in [3.8, 4) is 5.75 Å². The predicted molar refractivity (Wildman–Crippen MR) is 74.6 cm³/mol. The summed E-state index contributed by atoms with van der Waals surface area (Å²) in [6, 6.07) is 8.49. The van der Waals surface area contributed by atoms with Gasteiger partial charge in [0, 0.05) is 36.3 Å². The van der Waals surface area contributed by atoms with Crippen molar-refractivity contribution in [1.29, 1.82) is 0 Å². The molecule has 1 saturated heterocycles. The Morgan fingerprint density at radius 3 is 3.16 bits per heavy atom. The van der Waals surface area contributed by atoms with Gasteiger partial charge in [-0.2, -0.15) is 0 Å². The van der Waals surface area contributed by atoms with E-state index in [9.17, 15) is 0 Å². The Morgan fingerprint density at radius 1 is 1.42 bits per heavy atom. The SMILES string of the molecule is COc1ccc2c(CC3COCCN3)nccc2c1. The number of morpholine rings is 1. The van der Waals surface area contributed by atoms with Crippen LogP contribution >= 0.6 is 0 Å². The lowest BCUT2D eigenvalue weighted by molar-refractivity contribution is 0.0768. The van der Waals surface area contributed by atoms with Crippen LogP contribution in [0.1, 0.15) is 5.69 Å². The highest BCUT2D eigenvalue weighted by Crippen LogP contribution is 2.23. The van der Waals surface area contributed by atoms with E-state index in [2.05, 4.69) is 16.4 Å². The molecule has 0 aliphatic carbocycles. The first-order chi connectivity index (χ1) is 9.36. The largest absolute Gasteiger partial charge is 0.497 e. The standard InChI is InChI=1S/C15H18N2O2/c1-18-13-2-3-14-11(8-13)4-5-17-15(14)9-12-10-19-7-6-16-12/h2-5,8,12,16H,6-7,9-10H2,1H3. The van der Waals surface area contributed by atoms with Crippen molar-refractivity contribution in [2.24, 2.45) is 0 Å². The number of hydrogen-bond acceptors (Lipinski definition) is 4. The van der Waals surface area contributed by atoms with Crippen molar-refractivity contribution in [2.45, 2.75) is 12.5 Å². The number of nitrogens with one attached hydrogen (secondary N) is 1. The van der Waals surface area contributed by atoms with Gasteiger partial charge < -0.3 is 14.8 Å². The van der Waals surface area contributed by atoms with E-state index in [1.165, 1.54) is 10.8 Å². The summed E-state index contributed by atoms with van der Waals surface area (Å²) in [4.78, 5) is 4.52. The van der Waals surface area contributed by atoms with Crippen LogP contribution in [0.15, 0.2) is 30.5 Å². The van der Waals surface area contributed by atoms with Crippen LogP contribution in [0.4, 0.5) is 0 Å². The second-order valence-electron chi connectivity index (χ2n) is 4.77. The maximum atomic E-state index is 5.49. The minimum atomic E-state index is 0.356. The zero-order valence-corrected chi connectivity index (χ0v) is 11.1. The van der Waals surface area contributed by atoms with Crippen molar-refractivity contribution in [3.05, 3.63) is 36.2 Å². The normalized spacial score (nSPS) is 19.5. The highest BCUT2D eigenvalue weighted by molar-refractivity contribution is 5.85. The topological polar surface area (TPSA) is 43.4 Å². The Hall–Kier alpha value is -1.65. The van der Waals surface area contributed by atoms with Crippen LogP contribution < -0.4 is 10.1 Å². The van der Waals surface area contributed by atoms with E-state index < -0.39 is 0 Å². The molecule has 0 amide bonds. The molecule has 0 radical (unpaired) electrons. The van der Waals surface area contributed by atoms with Gasteiger partial charge in [0.05, 0.1) is 20.3 Å². The van der Waals surface area contributed by atoms with Crippen LogP contribution in [-0.4, -0.2) is 37.9 Å². The highest BCUT2D eigenvalue weighted by atomic mass is 16.5. The molecule has 1 aliphatic heterocycles. The lowest BCUT2D eigenvalue weighted by atomic mass is 10.0. The van der Waals surface area contributed by atoms with Gasteiger partial charge in [0.2, 0.25) is 0 Å². The molecule has 1 aliphatic rings. The molecule has 1 aromatic heterocycles. The van der Waals surface area contributed by atoms with Crippen LogP contribution in [0.25, 0.3) is 10.8 Å². The molecule has 1 fully saturated rings. The number of benzene rings is 1. The van der Waals surface area contributed by atoms with Crippen LogP contribution in [0, 0.1) is 0 Å². The predicted octanol–water partition coefficient (Wildman–Crippen LogP) is 1.77. The van der Waals surface area contributed by atoms with Crippen molar-refractivity contribution in [3.63, 3.8) is 0 Å². The molecule has 3 rings (SSSR count). The first kappa shape index (κ1) is 12.4. The lowest BCUT2D eigenvalue weighted by Gasteiger charge is -2.23. The summed E-state index contributed by atoms with van der Waals surface area (Å²) >= 11 is 0. The summed E-state index contributed by atoms with van der Waals surface area (Å²) < 4.78 is 10.8. The number of methoxy groups -OCH3 is 1. The Balaban J connectivity index is 1.90. The first-order valence-electron chi connectivity index (χ1n) is 6.59. The zero-order valence-electron chi connectivity index (χ0n) is 11.1. The van der Waals surface area contributed by atoms with Gasteiger partial charge in [0.15, 0.2) is 0 Å². The number of ether oxygens (including phenoxy) is 2. The van der Waals surface area contributed by atoms with Crippen molar-refractivity contribution < 1.29 is 9.47 Å². The van der Waals surface area contributed by atoms with Gasteiger partial charge in [0.25, 0.3) is 0 Å². The molecule has 0 bridgehead atoms. The lowest BCUT2D eigenvalue weighted by Crippen LogP contribution is -2.42. The van der Waals surface area contributed by atoms with E-state index in [-0.39, 0.29) is 0 Å². The summed E-state index contributed by atoms with van der Waals surface area (Å²) in [6.45, 7) is 2.48. The molecule has 19 heavy (non-hydrogen) atoms. The van der Waals surface area contributed by atoms with Crippen LogP contribution in [0.5, 0.6) is 5.75 Å². The van der Waals surface area contributed by atoms with E-state index in [1.54, 1.807) is 7.11 Å². The van der Waals surface area contributed by atoms with Crippen molar-refractivity contribution >= 4 is 10.8 Å². The van der Waals surface area contributed by atoms with Gasteiger partial charge in [-0.1, -0.05) is 0 Å². The second kappa shape index (κ2) is 5.55. The van der Waals surface area contributed by atoms with E-state index >= 15 is 0 Å². The molecule has 2 heterocycles. The minimum Gasteiger partial charge on any atom is -0.497 e. The number of nitrogens with zero attached hydrogens (tertiary/aromatic N) is 1. The number of rotatable bonds is 3. The Morgan fingerprint density at radius 2 is 2.37 bits per heavy atom. The van der Waals surface area contributed by atoms with Gasteiger partial charge in [-0.05, 0) is 29.7 Å². The Bertz CT molecular complexity index is 565. The third-order valence-electron chi connectivity index (χ3n) is 3.49. The maximum Gasteiger partial charge on any atom is 0.119 e. The second-order valence-corrected chi connectivity index (χ2v) is 4.77. The minimum absolute atomic E-state index is 0.356. The van der Waals surface area contributed by atoms with Gasteiger partial charge in [0.1, 0.15) is 5.75 Å². The summed E-state index contributed by atoms with van der Waals surface area (Å²) in [5.41, 5.74) is 1.11. The van der Waals surface area contributed by atoms with E-state index in [0.717, 1.165) is 37.6 Å². The summed E-state index contributed by atoms with van der Waals surface area (Å²) in [7, 11) is 1.69. The van der Waals surface area contributed by atoms with Crippen LogP contribution in [0.3, 0.4) is 0 Å². The average Bonchev–Trinajstić information content (AvgIpc) is 2.48. The van der Waals surface area contributed by atoms with E-state index in [1.807, 2.05) is 24.4 Å². The molecule has 2 aromatic rings. The zero-order chi connectivity index (χ0) is 13.1. The maximum absolute atomic E-state index is 5.49. The van der Waals surface area contributed by atoms with Gasteiger partial charge in [-0.25, -0.2) is 0 Å². The highest BCUT2D eigenvalue weighted by Gasteiger charge is 2.15. The van der Waals surface area contributed by atoms with Crippen LogP contribution in [-0.2, 0) is 11.2 Å². The molecule has 0 spiro atoms. The first-order valence-corrected chi connectivity index (χ1v) is 6.59. The third-order valence-corrected chi connectivity index (χ3v) is 3.49. The van der Waals surface area contributed by atoms with E-state index in [4.69, 9.17) is 9.47 Å². The Labute approximate surface area is 112 Å².